The summed E-state index contributed by atoms with van der Waals surface area (Å²) in [4.78, 5) is 17.0. The summed E-state index contributed by atoms with van der Waals surface area (Å²) >= 11 is 0. The third-order valence-electron chi connectivity index (χ3n) is 3.18. The molecule has 1 fully saturated rings. The molecule has 1 aromatic heterocycles. The molecule has 3 rings (SSSR count). The van der Waals surface area contributed by atoms with E-state index < -0.39 is 5.82 Å². The first kappa shape index (κ1) is 11.4. The van der Waals surface area contributed by atoms with Crippen LogP contribution in [0.3, 0.4) is 0 Å². The molecule has 0 amide bonds. The van der Waals surface area contributed by atoms with Crippen molar-refractivity contribution in [1.29, 1.82) is 0 Å². The standard InChI is InChI=1S/C13H13FN2O2/c14-8-1-2-12-11(3-8)13(18)4-9(15-12)5-16-6-10(17)7-16/h1-4,10,17H,5-7H2,(H,15,18). The molecule has 5 heteroatoms. The van der Waals surface area contributed by atoms with Gasteiger partial charge in [0.15, 0.2) is 5.43 Å². The number of aromatic amines is 1. The van der Waals surface area contributed by atoms with E-state index in [9.17, 15) is 14.3 Å². The second kappa shape index (κ2) is 4.19. The summed E-state index contributed by atoms with van der Waals surface area (Å²) in [5, 5.41) is 9.56. The predicted octanol–water partition coefficient (Wildman–Crippen LogP) is 0.844. The molecule has 4 nitrogen and oxygen atoms in total. The molecule has 0 unspecified atom stereocenters. The Balaban J connectivity index is 1.95. The van der Waals surface area contributed by atoms with Crippen molar-refractivity contribution in [1.82, 2.24) is 9.88 Å². The Bertz CT molecular complexity index is 647. The number of rotatable bonds is 2. The quantitative estimate of drug-likeness (QED) is 0.828. The molecule has 2 aromatic rings. The zero-order valence-electron chi connectivity index (χ0n) is 9.69. The Hall–Kier alpha value is -1.72. The lowest BCUT2D eigenvalue weighted by Crippen LogP contribution is -2.50. The molecule has 0 aliphatic carbocycles. The van der Waals surface area contributed by atoms with Gasteiger partial charge in [0.1, 0.15) is 5.82 Å². The Morgan fingerprint density at radius 2 is 2.17 bits per heavy atom. The minimum Gasteiger partial charge on any atom is -0.390 e. The lowest BCUT2D eigenvalue weighted by atomic mass is 10.1. The van der Waals surface area contributed by atoms with Crippen LogP contribution in [0.15, 0.2) is 29.1 Å². The number of benzene rings is 1. The van der Waals surface area contributed by atoms with E-state index in [0.29, 0.717) is 30.5 Å². The molecule has 94 valence electrons. The largest absolute Gasteiger partial charge is 0.390 e. The number of β-amino-alcohol motifs (C(OH)–C–C–N with tert-alkyl or cyclic N) is 1. The number of hydrogen-bond acceptors (Lipinski definition) is 3. The first-order valence-electron chi connectivity index (χ1n) is 5.84. The van der Waals surface area contributed by atoms with E-state index in [2.05, 4.69) is 4.98 Å². The van der Waals surface area contributed by atoms with Crippen molar-refractivity contribution in [2.24, 2.45) is 0 Å². The summed E-state index contributed by atoms with van der Waals surface area (Å²) in [5.74, 6) is -0.411. The maximum Gasteiger partial charge on any atom is 0.189 e. The number of aliphatic hydroxyl groups excluding tert-OH is 1. The second-order valence-electron chi connectivity index (χ2n) is 4.70. The highest BCUT2D eigenvalue weighted by molar-refractivity contribution is 5.78. The lowest BCUT2D eigenvalue weighted by Gasteiger charge is -2.35. The fourth-order valence-corrected chi connectivity index (χ4v) is 2.27. The van der Waals surface area contributed by atoms with Crippen molar-refractivity contribution in [2.75, 3.05) is 13.1 Å². The van der Waals surface area contributed by atoms with Gasteiger partial charge in [0.05, 0.1) is 6.10 Å². The summed E-state index contributed by atoms with van der Waals surface area (Å²) < 4.78 is 13.0. The summed E-state index contributed by atoms with van der Waals surface area (Å²) in [6.45, 7) is 1.85. The molecule has 0 spiro atoms. The summed E-state index contributed by atoms with van der Waals surface area (Å²) in [5.41, 5.74) is 1.24. The van der Waals surface area contributed by atoms with Crippen LogP contribution in [0.1, 0.15) is 5.69 Å². The number of nitrogens with zero attached hydrogens (tertiary/aromatic N) is 1. The van der Waals surface area contributed by atoms with Crippen LogP contribution in [-0.2, 0) is 6.54 Å². The zero-order valence-corrected chi connectivity index (χ0v) is 9.69. The third kappa shape index (κ3) is 2.02. The third-order valence-corrected chi connectivity index (χ3v) is 3.18. The van der Waals surface area contributed by atoms with Crippen molar-refractivity contribution in [2.45, 2.75) is 12.6 Å². The number of aromatic nitrogens is 1. The van der Waals surface area contributed by atoms with Crippen LogP contribution in [0.25, 0.3) is 10.9 Å². The molecule has 1 aliphatic heterocycles. The minimum absolute atomic E-state index is 0.181. The SMILES string of the molecule is O=c1cc(CN2CC(O)C2)[nH]c2ccc(F)cc12. The molecule has 0 atom stereocenters. The van der Waals surface area contributed by atoms with Gasteiger partial charge in [-0.3, -0.25) is 9.69 Å². The number of fused-ring (bicyclic) bond motifs is 1. The van der Waals surface area contributed by atoms with Gasteiger partial charge in [-0.1, -0.05) is 0 Å². The van der Waals surface area contributed by atoms with Gasteiger partial charge in [0.25, 0.3) is 0 Å². The molecule has 1 aromatic carbocycles. The number of aliphatic hydroxyl groups is 1. The number of H-pyrrole nitrogens is 1. The highest BCUT2D eigenvalue weighted by Crippen LogP contribution is 2.14. The molecular weight excluding hydrogens is 235 g/mol. The van der Waals surface area contributed by atoms with Gasteiger partial charge in [-0.2, -0.15) is 0 Å². The van der Waals surface area contributed by atoms with Crippen LogP contribution >= 0.6 is 0 Å². The summed E-state index contributed by atoms with van der Waals surface area (Å²) in [7, 11) is 0. The Morgan fingerprint density at radius 3 is 2.89 bits per heavy atom. The lowest BCUT2D eigenvalue weighted by molar-refractivity contribution is -0.00350. The van der Waals surface area contributed by atoms with Crippen molar-refractivity contribution >= 4 is 10.9 Å². The molecule has 1 aliphatic rings. The first-order chi connectivity index (χ1) is 8.61. The number of pyridine rings is 1. The normalized spacial score (nSPS) is 17.0. The van der Waals surface area contributed by atoms with E-state index >= 15 is 0 Å². The monoisotopic (exact) mass is 248 g/mol. The van der Waals surface area contributed by atoms with E-state index in [1.807, 2.05) is 4.90 Å². The fraction of sp³-hybridized carbons (Fsp3) is 0.308. The van der Waals surface area contributed by atoms with Crippen LogP contribution in [0.5, 0.6) is 0 Å². The van der Waals surface area contributed by atoms with Gasteiger partial charge < -0.3 is 10.1 Å². The number of halogens is 1. The van der Waals surface area contributed by atoms with Crippen LogP contribution < -0.4 is 5.43 Å². The van der Waals surface area contributed by atoms with E-state index in [1.165, 1.54) is 18.2 Å². The van der Waals surface area contributed by atoms with Gasteiger partial charge in [0, 0.05) is 42.3 Å². The maximum atomic E-state index is 13.0. The van der Waals surface area contributed by atoms with Crippen LogP contribution in [-0.4, -0.2) is 34.2 Å². The van der Waals surface area contributed by atoms with Crippen LogP contribution in [0.2, 0.25) is 0 Å². The molecule has 1 saturated heterocycles. The van der Waals surface area contributed by atoms with Gasteiger partial charge in [-0.25, -0.2) is 4.39 Å². The van der Waals surface area contributed by atoms with E-state index in [1.54, 1.807) is 6.07 Å². The van der Waals surface area contributed by atoms with Crippen LogP contribution in [0, 0.1) is 5.82 Å². The van der Waals surface area contributed by atoms with Gasteiger partial charge in [0.2, 0.25) is 0 Å². The Morgan fingerprint density at radius 1 is 1.39 bits per heavy atom. The minimum atomic E-state index is -0.411. The van der Waals surface area contributed by atoms with E-state index in [4.69, 9.17) is 0 Å². The highest BCUT2D eigenvalue weighted by Gasteiger charge is 2.24. The number of hydrogen-bond donors (Lipinski definition) is 2. The zero-order chi connectivity index (χ0) is 12.7. The van der Waals surface area contributed by atoms with Crippen molar-refractivity contribution in [3.63, 3.8) is 0 Å². The van der Waals surface area contributed by atoms with Gasteiger partial charge in [-0.05, 0) is 18.2 Å². The predicted molar refractivity (Wildman–Crippen MR) is 65.8 cm³/mol. The topological polar surface area (TPSA) is 56.3 Å². The van der Waals surface area contributed by atoms with Gasteiger partial charge >= 0.3 is 0 Å². The Labute approximate surface area is 103 Å². The average molecular weight is 248 g/mol. The highest BCUT2D eigenvalue weighted by atomic mass is 19.1. The molecule has 0 radical (unpaired) electrons. The smallest absolute Gasteiger partial charge is 0.189 e. The van der Waals surface area contributed by atoms with Gasteiger partial charge in [-0.15, -0.1) is 0 Å². The number of nitrogens with one attached hydrogen (secondary N) is 1. The first-order valence-corrected chi connectivity index (χ1v) is 5.84. The van der Waals surface area contributed by atoms with Crippen molar-refractivity contribution in [3.05, 3.63) is 46.0 Å². The second-order valence-corrected chi connectivity index (χ2v) is 4.70. The average Bonchev–Trinajstić information content (AvgIpc) is 2.28. The summed E-state index contributed by atoms with van der Waals surface area (Å²) in [6.07, 6.45) is -0.258. The molecular formula is C13H13FN2O2. The van der Waals surface area contributed by atoms with Crippen molar-refractivity contribution in [3.8, 4) is 0 Å². The van der Waals surface area contributed by atoms with E-state index in [-0.39, 0.29) is 11.5 Å². The van der Waals surface area contributed by atoms with Crippen molar-refractivity contribution < 1.29 is 9.50 Å². The summed E-state index contributed by atoms with van der Waals surface area (Å²) in [6, 6.07) is 5.63. The number of likely N-dealkylation sites (tertiary alicyclic amines) is 1. The molecule has 2 N–H and O–H groups in total. The molecule has 18 heavy (non-hydrogen) atoms. The maximum absolute atomic E-state index is 13.0. The fourth-order valence-electron chi connectivity index (χ4n) is 2.27. The molecule has 0 bridgehead atoms. The van der Waals surface area contributed by atoms with Crippen LogP contribution in [0.4, 0.5) is 4.39 Å². The molecule has 0 saturated carbocycles. The molecule has 2 heterocycles. The van der Waals surface area contributed by atoms with E-state index in [0.717, 1.165) is 5.69 Å². The Kier molecular flexibility index (Phi) is 2.65.